The predicted molar refractivity (Wildman–Crippen MR) is 101 cm³/mol. The molecule has 0 radical (unpaired) electrons. The summed E-state index contributed by atoms with van der Waals surface area (Å²) >= 11 is 0. The Morgan fingerprint density at radius 1 is 1.00 bits per heavy atom. The Hall–Kier alpha value is -2.58. The fourth-order valence-electron chi connectivity index (χ4n) is 2.84. The van der Waals surface area contributed by atoms with Crippen molar-refractivity contribution in [1.82, 2.24) is 10.0 Å². The fraction of sp³-hybridized carbons (Fsp3) is 0.316. The number of sulfonamides is 1. The van der Waals surface area contributed by atoms with Crippen LogP contribution < -0.4 is 19.5 Å². The second-order valence-electron chi connectivity index (χ2n) is 6.26. The van der Waals surface area contributed by atoms with Crippen LogP contribution in [0, 0.1) is 0 Å². The first-order chi connectivity index (χ1) is 12.9. The Bertz CT molecular complexity index is 929. The molecule has 0 unspecified atom stereocenters. The summed E-state index contributed by atoms with van der Waals surface area (Å²) in [7, 11) is -2.03. The van der Waals surface area contributed by atoms with E-state index < -0.39 is 22.2 Å². The second-order valence-corrected chi connectivity index (χ2v) is 8.18. The molecule has 2 N–H and O–H groups in total. The number of hydrogen-bond acceptors (Lipinski definition) is 5. The van der Waals surface area contributed by atoms with Crippen LogP contribution in [0.4, 0.5) is 0 Å². The molecule has 0 bridgehead atoms. The minimum Gasteiger partial charge on any atom is -0.482 e. The van der Waals surface area contributed by atoms with Crippen molar-refractivity contribution in [2.45, 2.75) is 31.4 Å². The van der Waals surface area contributed by atoms with E-state index in [-0.39, 0.29) is 18.2 Å². The van der Waals surface area contributed by atoms with Gasteiger partial charge in [-0.05, 0) is 37.2 Å². The molecule has 1 aliphatic rings. The summed E-state index contributed by atoms with van der Waals surface area (Å²) in [5.41, 5.74) is 1.36. The maximum absolute atomic E-state index is 12.6. The number of hydrogen-bond donors (Lipinski definition) is 2. The number of para-hydroxylation sites is 2. The van der Waals surface area contributed by atoms with Gasteiger partial charge in [-0.2, -0.15) is 0 Å². The summed E-state index contributed by atoms with van der Waals surface area (Å²) in [4.78, 5) is 12.6. The highest BCUT2D eigenvalue weighted by Crippen LogP contribution is 2.33. The normalized spacial score (nSPS) is 18.7. The first-order valence-electron chi connectivity index (χ1n) is 8.57. The molecule has 27 heavy (non-hydrogen) atoms. The van der Waals surface area contributed by atoms with Crippen molar-refractivity contribution in [3.05, 3.63) is 59.7 Å². The van der Waals surface area contributed by atoms with Crippen molar-refractivity contribution in [3.63, 3.8) is 0 Å². The Morgan fingerprint density at radius 3 is 2.26 bits per heavy atom. The van der Waals surface area contributed by atoms with Crippen molar-refractivity contribution >= 4 is 15.9 Å². The monoisotopic (exact) mass is 390 g/mol. The lowest BCUT2D eigenvalue weighted by atomic mass is 10.1. The summed E-state index contributed by atoms with van der Waals surface area (Å²) in [6.07, 6.45) is -1.23. The molecule has 0 aromatic heterocycles. The molecule has 2 aromatic carbocycles. The molecule has 2 aromatic rings. The van der Waals surface area contributed by atoms with Crippen LogP contribution in [-0.2, 0) is 27.1 Å². The molecular weight excluding hydrogens is 368 g/mol. The molecule has 0 saturated heterocycles. The van der Waals surface area contributed by atoms with Crippen LogP contribution in [0.5, 0.6) is 11.5 Å². The van der Waals surface area contributed by atoms with E-state index in [0.29, 0.717) is 17.1 Å². The molecule has 1 heterocycles. The molecule has 0 spiro atoms. The third-order valence-electron chi connectivity index (χ3n) is 4.33. The summed E-state index contributed by atoms with van der Waals surface area (Å²) in [6, 6.07) is 14.3. The predicted octanol–water partition coefficient (Wildman–Crippen LogP) is 1.58. The number of rotatable bonds is 6. The zero-order valence-corrected chi connectivity index (χ0v) is 16.0. The van der Waals surface area contributed by atoms with E-state index in [4.69, 9.17) is 9.47 Å². The Morgan fingerprint density at radius 2 is 1.59 bits per heavy atom. The topological polar surface area (TPSA) is 93.7 Å². The highest BCUT2D eigenvalue weighted by molar-refractivity contribution is 7.88. The first-order valence-corrected chi connectivity index (χ1v) is 10.2. The first kappa shape index (κ1) is 19.2. The highest BCUT2D eigenvalue weighted by atomic mass is 32.2. The van der Waals surface area contributed by atoms with Gasteiger partial charge < -0.3 is 14.8 Å². The highest BCUT2D eigenvalue weighted by Gasteiger charge is 2.33. The Balaban J connectivity index is 1.68. The Labute approximate surface area is 158 Å². The standard InChI is InChI=1S/C19H22N2O5S/c1-13-18(26-17-10-6-5-9-16(17)25-13)19(22)21-11-14-7-3-4-8-15(14)12-27(23,24)20-2/h3-10,13,18,20H,11-12H2,1-2H3,(H,21,22)/t13-,18+/m0/s1. The lowest BCUT2D eigenvalue weighted by Gasteiger charge is -2.31. The zero-order chi connectivity index (χ0) is 19.4. The molecule has 1 aliphatic heterocycles. The third-order valence-corrected chi connectivity index (χ3v) is 5.64. The third kappa shape index (κ3) is 4.58. The number of ether oxygens (including phenoxy) is 2. The van der Waals surface area contributed by atoms with Crippen molar-refractivity contribution in [1.29, 1.82) is 0 Å². The van der Waals surface area contributed by atoms with E-state index >= 15 is 0 Å². The second kappa shape index (κ2) is 7.98. The molecule has 2 atom stereocenters. The van der Waals surface area contributed by atoms with Gasteiger partial charge in [0, 0.05) is 6.54 Å². The van der Waals surface area contributed by atoms with Gasteiger partial charge in [-0.25, -0.2) is 13.1 Å². The van der Waals surface area contributed by atoms with Crippen molar-refractivity contribution < 1.29 is 22.7 Å². The molecule has 0 fully saturated rings. The van der Waals surface area contributed by atoms with Crippen LogP contribution in [0.1, 0.15) is 18.1 Å². The lowest BCUT2D eigenvalue weighted by molar-refractivity contribution is -0.133. The van der Waals surface area contributed by atoms with Gasteiger partial charge >= 0.3 is 0 Å². The van der Waals surface area contributed by atoms with E-state index in [0.717, 1.165) is 5.56 Å². The average molecular weight is 390 g/mol. The van der Waals surface area contributed by atoms with Gasteiger partial charge in [-0.15, -0.1) is 0 Å². The summed E-state index contributed by atoms with van der Waals surface area (Å²) in [5.74, 6) is 0.666. The van der Waals surface area contributed by atoms with Gasteiger partial charge in [0.05, 0.1) is 5.75 Å². The number of carbonyl (C=O) groups is 1. The van der Waals surface area contributed by atoms with E-state index in [2.05, 4.69) is 10.0 Å². The minimum atomic E-state index is -3.40. The number of benzene rings is 2. The molecule has 1 amide bonds. The molecule has 144 valence electrons. The van der Waals surface area contributed by atoms with Gasteiger partial charge in [-0.1, -0.05) is 36.4 Å². The SMILES string of the molecule is CNS(=O)(=O)Cc1ccccc1CNC(=O)[C@@H]1Oc2ccccc2O[C@H]1C. The zero-order valence-electron chi connectivity index (χ0n) is 15.1. The van der Waals surface area contributed by atoms with Gasteiger partial charge in [-0.3, -0.25) is 4.79 Å². The number of nitrogens with one attached hydrogen (secondary N) is 2. The summed E-state index contributed by atoms with van der Waals surface area (Å²) in [6.45, 7) is 1.97. The molecular formula is C19H22N2O5S. The van der Waals surface area contributed by atoms with E-state index in [9.17, 15) is 13.2 Å². The fourth-order valence-corrected chi connectivity index (χ4v) is 3.67. The molecule has 3 rings (SSSR count). The largest absolute Gasteiger partial charge is 0.482 e. The van der Waals surface area contributed by atoms with Crippen LogP contribution in [0.2, 0.25) is 0 Å². The molecule has 8 heteroatoms. The van der Waals surface area contributed by atoms with Crippen LogP contribution in [0.3, 0.4) is 0 Å². The van der Waals surface area contributed by atoms with Gasteiger partial charge in [0.25, 0.3) is 5.91 Å². The number of carbonyl (C=O) groups excluding carboxylic acids is 1. The van der Waals surface area contributed by atoms with Crippen LogP contribution in [0.15, 0.2) is 48.5 Å². The lowest BCUT2D eigenvalue weighted by Crippen LogP contribution is -2.48. The van der Waals surface area contributed by atoms with Crippen LogP contribution in [-0.4, -0.2) is 33.6 Å². The van der Waals surface area contributed by atoms with E-state index in [1.165, 1.54) is 7.05 Å². The summed E-state index contributed by atoms with van der Waals surface area (Å²) < 4.78 is 37.5. The minimum absolute atomic E-state index is 0.150. The average Bonchev–Trinajstić information content (AvgIpc) is 2.66. The number of amides is 1. The molecule has 7 nitrogen and oxygen atoms in total. The van der Waals surface area contributed by atoms with E-state index in [1.54, 1.807) is 43.3 Å². The van der Waals surface area contributed by atoms with Gasteiger partial charge in [0.15, 0.2) is 11.5 Å². The van der Waals surface area contributed by atoms with Crippen LogP contribution >= 0.6 is 0 Å². The van der Waals surface area contributed by atoms with Crippen molar-refractivity contribution in [2.24, 2.45) is 0 Å². The maximum Gasteiger partial charge on any atom is 0.265 e. The smallest absolute Gasteiger partial charge is 0.265 e. The van der Waals surface area contributed by atoms with E-state index in [1.807, 2.05) is 12.1 Å². The van der Waals surface area contributed by atoms with Crippen molar-refractivity contribution in [2.75, 3.05) is 7.05 Å². The van der Waals surface area contributed by atoms with Crippen molar-refractivity contribution in [3.8, 4) is 11.5 Å². The molecule has 0 aliphatic carbocycles. The van der Waals surface area contributed by atoms with Gasteiger partial charge in [0.1, 0.15) is 6.10 Å². The molecule has 0 saturated carbocycles. The van der Waals surface area contributed by atoms with Gasteiger partial charge in [0.2, 0.25) is 16.1 Å². The number of fused-ring (bicyclic) bond motifs is 1. The summed E-state index contributed by atoms with van der Waals surface area (Å²) in [5, 5.41) is 2.81. The quantitative estimate of drug-likeness (QED) is 0.781. The van der Waals surface area contributed by atoms with Crippen LogP contribution in [0.25, 0.3) is 0 Å². The Kier molecular flexibility index (Phi) is 5.67. The maximum atomic E-state index is 12.6.